The van der Waals surface area contributed by atoms with Gasteiger partial charge in [-0.15, -0.1) is 0 Å². The van der Waals surface area contributed by atoms with Gasteiger partial charge in [-0.1, -0.05) is 43.6 Å². The molecule has 0 aliphatic carbocycles. The Bertz CT molecular complexity index is 763. The number of nitrogens with zero attached hydrogens (tertiary/aromatic N) is 1. The normalized spacial score (nSPS) is 19.3. The van der Waals surface area contributed by atoms with Crippen molar-refractivity contribution in [2.45, 2.75) is 25.8 Å². The summed E-state index contributed by atoms with van der Waals surface area (Å²) in [6.45, 7) is 9.96. The number of halogens is 1. The van der Waals surface area contributed by atoms with Crippen molar-refractivity contribution in [1.29, 1.82) is 0 Å². The smallest absolute Gasteiger partial charge is 0.0467 e. The van der Waals surface area contributed by atoms with Gasteiger partial charge in [0.05, 0.1) is 0 Å². The third-order valence-electron chi connectivity index (χ3n) is 5.28. The van der Waals surface area contributed by atoms with Crippen LogP contribution < -0.4 is 10.6 Å². The number of rotatable bonds is 2. The first-order valence-corrected chi connectivity index (χ1v) is 9.06. The van der Waals surface area contributed by atoms with E-state index < -0.39 is 0 Å². The highest BCUT2D eigenvalue weighted by molar-refractivity contribution is 6.32. The lowest BCUT2D eigenvalue weighted by Crippen LogP contribution is -2.42. The average molecular weight is 342 g/mol. The van der Waals surface area contributed by atoms with Crippen molar-refractivity contribution in [3.8, 4) is 0 Å². The molecule has 0 atom stereocenters. The molecule has 4 heteroatoms. The fraction of sp³-hybridized carbons (Fsp3) is 0.400. The zero-order valence-electron chi connectivity index (χ0n) is 14.3. The first-order chi connectivity index (χ1) is 11.6. The summed E-state index contributed by atoms with van der Waals surface area (Å²) in [6, 6.07) is 12.9. The van der Waals surface area contributed by atoms with Gasteiger partial charge in [0.2, 0.25) is 0 Å². The Morgan fingerprint density at radius 3 is 2.67 bits per heavy atom. The van der Waals surface area contributed by atoms with Gasteiger partial charge in [0, 0.05) is 60.1 Å². The van der Waals surface area contributed by atoms with Crippen LogP contribution in [0.25, 0.3) is 0 Å². The van der Waals surface area contributed by atoms with Crippen LogP contribution in [-0.2, 0) is 12.0 Å². The predicted molar refractivity (Wildman–Crippen MR) is 101 cm³/mol. The van der Waals surface area contributed by atoms with Gasteiger partial charge in [0.25, 0.3) is 0 Å². The van der Waals surface area contributed by atoms with Gasteiger partial charge in [-0.05, 0) is 29.3 Å². The van der Waals surface area contributed by atoms with Gasteiger partial charge < -0.3 is 10.6 Å². The second kappa shape index (κ2) is 6.07. The minimum atomic E-state index is -0.103. The van der Waals surface area contributed by atoms with Crippen LogP contribution in [-0.4, -0.2) is 31.1 Å². The highest BCUT2D eigenvalue weighted by atomic mass is 35.5. The molecule has 126 valence electrons. The SMILES string of the molecule is CC1(C)c2cc(CN3CCNCC3)ccc2Nc2cccc(Cl)c21. The van der Waals surface area contributed by atoms with E-state index >= 15 is 0 Å². The summed E-state index contributed by atoms with van der Waals surface area (Å²) in [4.78, 5) is 2.52. The lowest BCUT2D eigenvalue weighted by Gasteiger charge is -2.37. The molecule has 0 amide bonds. The highest BCUT2D eigenvalue weighted by Crippen LogP contribution is 2.48. The van der Waals surface area contributed by atoms with Crippen LogP contribution in [0.5, 0.6) is 0 Å². The zero-order chi connectivity index (χ0) is 16.7. The Labute approximate surface area is 149 Å². The van der Waals surface area contributed by atoms with E-state index in [0.717, 1.165) is 43.4 Å². The van der Waals surface area contributed by atoms with Gasteiger partial charge in [-0.2, -0.15) is 0 Å². The predicted octanol–water partition coefficient (Wildman–Crippen LogP) is 4.13. The molecule has 2 aromatic carbocycles. The maximum atomic E-state index is 6.53. The summed E-state index contributed by atoms with van der Waals surface area (Å²) in [5.74, 6) is 0. The summed E-state index contributed by atoms with van der Waals surface area (Å²) in [5.41, 5.74) is 6.11. The summed E-state index contributed by atoms with van der Waals surface area (Å²) < 4.78 is 0. The zero-order valence-corrected chi connectivity index (χ0v) is 15.1. The molecule has 0 unspecified atom stereocenters. The van der Waals surface area contributed by atoms with E-state index in [-0.39, 0.29) is 5.41 Å². The van der Waals surface area contributed by atoms with Crippen molar-refractivity contribution in [3.63, 3.8) is 0 Å². The Morgan fingerprint density at radius 2 is 1.88 bits per heavy atom. The summed E-state index contributed by atoms with van der Waals surface area (Å²) in [7, 11) is 0. The van der Waals surface area contributed by atoms with Crippen LogP contribution in [0.2, 0.25) is 5.02 Å². The number of fused-ring (bicyclic) bond motifs is 2. The van der Waals surface area contributed by atoms with Crippen molar-refractivity contribution in [2.75, 3.05) is 31.5 Å². The van der Waals surface area contributed by atoms with Crippen molar-refractivity contribution >= 4 is 23.0 Å². The third-order valence-corrected chi connectivity index (χ3v) is 5.60. The molecule has 24 heavy (non-hydrogen) atoms. The molecule has 3 nitrogen and oxygen atoms in total. The number of piperazine rings is 1. The lowest BCUT2D eigenvalue weighted by molar-refractivity contribution is 0.233. The van der Waals surface area contributed by atoms with E-state index in [0.29, 0.717) is 0 Å². The number of benzene rings is 2. The average Bonchev–Trinajstić information content (AvgIpc) is 2.56. The summed E-state index contributed by atoms with van der Waals surface area (Å²) >= 11 is 6.53. The van der Waals surface area contributed by atoms with Gasteiger partial charge in [0.15, 0.2) is 0 Å². The molecule has 0 radical (unpaired) electrons. The van der Waals surface area contributed by atoms with Crippen molar-refractivity contribution in [1.82, 2.24) is 10.2 Å². The molecule has 4 rings (SSSR count). The van der Waals surface area contributed by atoms with Crippen LogP contribution in [0.15, 0.2) is 36.4 Å². The summed E-state index contributed by atoms with van der Waals surface area (Å²) in [6.07, 6.45) is 0. The van der Waals surface area contributed by atoms with Crippen LogP contribution in [0.3, 0.4) is 0 Å². The van der Waals surface area contributed by atoms with Gasteiger partial charge >= 0.3 is 0 Å². The molecular weight excluding hydrogens is 318 g/mol. The molecule has 2 aliphatic rings. The number of hydrogen-bond acceptors (Lipinski definition) is 3. The highest BCUT2D eigenvalue weighted by Gasteiger charge is 2.34. The minimum absolute atomic E-state index is 0.103. The standard InChI is InChI=1S/C20H24ClN3/c1-20(2)15-12-14(13-24-10-8-22-9-11-24)6-7-17(15)23-18-5-3-4-16(21)19(18)20/h3-7,12,22-23H,8-11,13H2,1-2H3. The molecule has 0 aromatic heterocycles. The second-order valence-corrected chi connectivity index (χ2v) is 7.73. The van der Waals surface area contributed by atoms with Crippen LogP contribution >= 0.6 is 11.6 Å². The van der Waals surface area contributed by atoms with Crippen LogP contribution in [0.1, 0.15) is 30.5 Å². The van der Waals surface area contributed by atoms with Gasteiger partial charge in [-0.3, -0.25) is 4.90 Å². The minimum Gasteiger partial charge on any atom is -0.355 e. The van der Waals surface area contributed by atoms with Crippen LogP contribution in [0.4, 0.5) is 11.4 Å². The second-order valence-electron chi connectivity index (χ2n) is 7.32. The number of hydrogen-bond donors (Lipinski definition) is 2. The quantitative estimate of drug-likeness (QED) is 0.860. The Hall–Kier alpha value is -1.55. The fourth-order valence-corrected chi connectivity index (χ4v) is 4.40. The van der Waals surface area contributed by atoms with E-state index in [2.05, 4.69) is 53.6 Å². The molecule has 0 spiro atoms. The first-order valence-electron chi connectivity index (χ1n) is 8.68. The largest absolute Gasteiger partial charge is 0.355 e. The Balaban J connectivity index is 1.70. The van der Waals surface area contributed by atoms with E-state index in [1.54, 1.807) is 0 Å². The first kappa shape index (κ1) is 15.9. The molecule has 2 heterocycles. The van der Waals surface area contributed by atoms with Crippen LogP contribution in [0, 0.1) is 0 Å². The number of anilines is 2. The van der Waals surface area contributed by atoms with Gasteiger partial charge in [-0.25, -0.2) is 0 Å². The monoisotopic (exact) mass is 341 g/mol. The van der Waals surface area contributed by atoms with Gasteiger partial charge in [0.1, 0.15) is 0 Å². The van der Waals surface area contributed by atoms with E-state index in [1.165, 1.54) is 22.4 Å². The Morgan fingerprint density at radius 1 is 1.08 bits per heavy atom. The Kier molecular flexibility index (Phi) is 4.03. The molecule has 2 N–H and O–H groups in total. The summed E-state index contributed by atoms with van der Waals surface area (Å²) in [5, 5.41) is 7.81. The maximum absolute atomic E-state index is 6.53. The topological polar surface area (TPSA) is 27.3 Å². The maximum Gasteiger partial charge on any atom is 0.0467 e. The third kappa shape index (κ3) is 2.71. The molecule has 2 aliphatic heterocycles. The fourth-order valence-electron chi connectivity index (χ4n) is 3.99. The molecule has 2 aromatic rings. The lowest BCUT2D eigenvalue weighted by atomic mass is 9.74. The molecule has 1 saturated heterocycles. The van der Waals surface area contributed by atoms with E-state index in [4.69, 9.17) is 11.6 Å². The van der Waals surface area contributed by atoms with E-state index in [9.17, 15) is 0 Å². The van der Waals surface area contributed by atoms with Crippen molar-refractivity contribution in [3.05, 3.63) is 58.1 Å². The molecular formula is C20H24ClN3. The van der Waals surface area contributed by atoms with Crippen molar-refractivity contribution in [2.24, 2.45) is 0 Å². The molecule has 1 fully saturated rings. The molecule has 0 saturated carbocycles. The number of nitrogens with one attached hydrogen (secondary N) is 2. The van der Waals surface area contributed by atoms with Crippen molar-refractivity contribution < 1.29 is 0 Å². The van der Waals surface area contributed by atoms with E-state index in [1.807, 2.05) is 12.1 Å². The molecule has 0 bridgehead atoms.